The highest BCUT2D eigenvalue weighted by atomic mass is 16.5. The molecule has 0 spiro atoms. The van der Waals surface area contributed by atoms with E-state index >= 15 is 0 Å². The molecule has 3 aromatic carbocycles. The van der Waals surface area contributed by atoms with Gasteiger partial charge in [0.05, 0.1) is 25.3 Å². The van der Waals surface area contributed by atoms with Crippen molar-refractivity contribution in [1.29, 1.82) is 5.26 Å². The Morgan fingerprint density at radius 3 is 2.14 bits per heavy atom. The Morgan fingerprint density at radius 1 is 0.893 bits per heavy atom. The Hall–Kier alpha value is -3.77. The first-order chi connectivity index (χ1) is 13.7. The molecule has 0 aliphatic heterocycles. The number of nitrogens with zero attached hydrogens (tertiary/aromatic N) is 1. The second-order valence-electron chi connectivity index (χ2n) is 6.12. The number of hydrogen-bond acceptors (Lipinski definition) is 3. The third-order valence-electron chi connectivity index (χ3n) is 4.52. The molecular formula is C25H21NO2. The van der Waals surface area contributed by atoms with Crippen molar-refractivity contribution in [3.05, 3.63) is 89.5 Å². The summed E-state index contributed by atoms with van der Waals surface area (Å²) in [6.45, 7) is 3.82. The van der Waals surface area contributed by atoms with Gasteiger partial charge in [-0.1, -0.05) is 73.3 Å². The summed E-state index contributed by atoms with van der Waals surface area (Å²) in [4.78, 5) is 0. The van der Waals surface area contributed by atoms with E-state index < -0.39 is 0 Å². The van der Waals surface area contributed by atoms with E-state index in [1.807, 2.05) is 72.8 Å². The Balaban J connectivity index is 2.04. The summed E-state index contributed by atoms with van der Waals surface area (Å²) >= 11 is 0. The summed E-state index contributed by atoms with van der Waals surface area (Å²) < 4.78 is 10.9. The smallest absolute Gasteiger partial charge is 0.130 e. The number of benzene rings is 3. The summed E-state index contributed by atoms with van der Waals surface area (Å²) in [5.74, 6) is 1.38. The average Bonchev–Trinajstić information content (AvgIpc) is 2.76. The van der Waals surface area contributed by atoms with Crippen molar-refractivity contribution >= 4 is 18.2 Å². The monoisotopic (exact) mass is 367 g/mol. The van der Waals surface area contributed by atoms with Crippen LogP contribution in [-0.4, -0.2) is 14.2 Å². The van der Waals surface area contributed by atoms with Gasteiger partial charge in [0.1, 0.15) is 17.6 Å². The van der Waals surface area contributed by atoms with Crippen molar-refractivity contribution < 1.29 is 9.47 Å². The van der Waals surface area contributed by atoms with Crippen molar-refractivity contribution in [1.82, 2.24) is 0 Å². The van der Waals surface area contributed by atoms with Gasteiger partial charge in [-0.05, 0) is 28.8 Å². The van der Waals surface area contributed by atoms with Crippen LogP contribution in [0.1, 0.15) is 22.3 Å². The molecule has 0 fully saturated rings. The SMILES string of the molecule is C=Cc1c(OC)cc(/C=C/c2cccc(-c3ccccc3)c2C#N)cc1OC. The minimum Gasteiger partial charge on any atom is -0.496 e. The summed E-state index contributed by atoms with van der Waals surface area (Å²) in [7, 11) is 3.23. The minimum absolute atomic E-state index is 0.645. The van der Waals surface area contributed by atoms with Gasteiger partial charge in [0.25, 0.3) is 0 Å². The first-order valence-corrected chi connectivity index (χ1v) is 8.87. The number of hydrogen-bond donors (Lipinski definition) is 0. The van der Waals surface area contributed by atoms with Gasteiger partial charge in [0, 0.05) is 5.56 Å². The molecule has 0 N–H and O–H groups in total. The highest BCUT2D eigenvalue weighted by Gasteiger charge is 2.10. The topological polar surface area (TPSA) is 42.2 Å². The molecule has 0 bridgehead atoms. The van der Waals surface area contributed by atoms with Crippen molar-refractivity contribution in [2.45, 2.75) is 0 Å². The predicted octanol–water partition coefficient (Wildman–Crippen LogP) is 6.06. The Bertz CT molecular complexity index is 1030. The lowest BCUT2D eigenvalue weighted by Gasteiger charge is -2.11. The van der Waals surface area contributed by atoms with Crippen LogP contribution in [-0.2, 0) is 0 Å². The maximum Gasteiger partial charge on any atom is 0.130 e. The lowest BCUT2D eigenvalue weighted by Crippen LogP contribution is -1.93. The lowest BCUT2D eigenvalue weighted by atomic mass is 9.95. The zero-order valence-electron chi connectivity index (χ0n) is 16.0. The third-order valence-corrected chi connectivity index (χ3v) is 4.52. The van der Waals surface area contributed by atoms with Crippen LogP contribution in [0.3, 0.4) is 0 Å². The molecule has 138 valence electrons. The summed E-state index contributed by atoms with van der Waals surface area (Å²) in [6.07, 6.45) is 5.60. The van der Waals surface area contributed by atoms with Crippen LogP contribution in [0.25, 0.3) is 29.4 Å². The van der Waals surface area contributed by atoms with Gasteiger partial charge in [-0.2, -0.15) is 5.26 Å². The van der Waals surface area contributed by atoms with Crippen LogP contribution in [0.2, 0.25) is 0 Å². The van der Waals surface area contributed by atoms with Crippen LogP contribution >= 0.6 is 0 Å². The van der Waals surface area contributed by atoms with Gasteiger partial charge in [0.15, 0.2) is 0 Å². The van der Waals surface area contributed by atoms with Crippen molar-refractivity contribution in [3.63, 3.8) is 0 Å². The van der Waals surface area contributed by atoms with Crippen LogP contribution in [0.5, 0.6) is 11.5 Å². The fourth-order valence-corrected chi connectivity index (χ4v) is 3.13. The molecule has 0 saturated heterocycles. The Kier molecular flexibility index (Phi) is 5.94. The van der Waals surface area contributed by atoms with Crippen molar-refractivity contribution in [3.8, 4) is 28.7 Å². The fourth-order valence-electron chi connectivity index (χ4n) is 3.13. The van der Waals surface area contributed by atoms with Gasteiger partial charge >= 0.3 is 0 Å². The molecule has 0 aromatic heterocycles. The Labute approximate surface area is 165 Å². The molecular weight excluding hydrogens is 346 g/mol. The maximum absolute atomic E-state index is 9.76. The fraction of sp³-hybridized carbons (Fsp3) is 0.0800. The van der Waals surface area contributed by atoms with Crippen LogP contribution in [0, 0.1) is 11.3 Å². The van der Waals surface area contributed by atoms with Crippen LogP contribution in [0.15, 0.2) is 67.2 Å². The van der Waals surface area contributed by atoms with Gasteiger partial charge in [-0.3, -0.25) is 0 Å². The zero-order valence-corrected chi connectivity index (χ0v) is 16.0. The summed E-state index contributed by atoms with van der Waals surface area (Å²) in [6, 6.07) is 22.0. The molecule has 3 aromatic rings. The molecule has 0 aliphatic carbocycles. The summed E-state index contributed by atoms with van der Waals surface area (Å²) in [5.41, 5.74) is 5.16. The zero-order chi connectivity index (χ0) is 19.9. The number of rotatable bonds is 6. The lowest BCUT2D eigenvalue weighted by molar-refractivity contribution is 0.392. The second kappa shape index (κ2) is 8.75. The number of nitriles is 1. The molecule has 0 amide bonds. The standard InChI is InChI=1S/C25H21NO2/c1-4-21-24(27-2)15-18(16-25(21)28-3)13-14-20-11-8-12-22(23(20)17-26)19-9-6-5-7-10-19/h4-16H,1H2,2-3H3/b14-13+. The Morgan fingerprint density at radius 2 is 1.57 bits per heavy atom. The molecule has 0 aliphatic rings. The van der Waals surface area contributed by atoms with E-state index in [4.69, 9.17) is 9.47 Å². The highest BCUT2D eigenvalue weighted by molar-refractivity contribution is 5.81. The number of methoxy groups -OCH3 is 2. The van der Waals surface area contributed by atoms with Crippen LogP contribution in [0.4, 0.5) is 0 Å². The van der Waals surface area contributed by atoms with E-state index in [1.165, 1.54) is 0 Å². The maximum atomic E-state index is 9.76. The van der Waals surface area contributed by atoms with Crippen molar-refractivity contribution in [2.75, 3.05) is 14.2 Å². The highest BCUT2D eigenvalue weighted by Crippen LogP contribution is 2.33. The first-order valence-electron chi connectivity index (χ1n) is 8.87. The molecule has 3 heteroatoms. The molecule has 0 radical (unpaired) electrons. The van der Waals surface area contributed by atoms with E-state index in [2.05, 4.69) is 12.6 Å². The number of ether oxygens (including phenoxy) is 2. The van der Waals surface area contributed by atoms with Crippen LogP contribution < -0.4 is 9.47 Å². The van der Waals surface area contributed by atoms with E-state index in [0.29, 0.717) is 17.1 Å². The molecule has 0 heterocycles. The minimum atomic E-state index is 0.645. The van der Waals surface area contributed by atoms with Gasteiger partial charge in [-0.15, -0.1) is 0 Å². The molecule has 3 rings (SSSR count). The van der Waals surface area contributed by atoms with Gasteiger partial charge in [0.2, 0.25) is 0 Å². The van der Waals surface area contributed by atoms with E-state index in [-0.39, 0.29) is 0 Å². The quantitative estimate of drug-likeness (QED) is 0.498. The van der Waals surface area contributed by atoms with Gasteiger partial charge < -0.3 is 9.47 Å². The van der Waals surface area contributed by atoms with E-state index in [1.54, 1.807) is 20.3 Å². The van der Waals surface area contributed by atoms with E-state index in [9.17, 15) is 5.26 Å². The molecule has 0 atom stereocenters. The molecule has 0 saturated carbocycles. The second-order valence-corrected chi connectivity index (χ2v) is 6.12. The molecule has 0 unspecified atom stereocenters. The summed E-state index contributed by atoms with van der Waals surface area (Å²) in [5, 5.41) is 9.76. The largest absolute Gasteiger partial charge is 0.496 e. The third kappa shape index (κ3) is 3.82. The average molecular weight is 367 g/mol. The predicted molar refractivity (Wildman–Crippen MR) is 115 cm³/mol. The molecule has 28 heavy (non-hydrogen) atoms. The van der Waals surface area contributed by atoms with E-state index in [0.717, 1.165) is 27.8 Å². The molecule has 3 nitrogen and oxygen atoms in total. The van der Waals surface area contributed by atoms with Gasteiger partial charge in [-0.25, -0.2) is 0 Å². The van der Waals surface area contributed by atoms with Crippen molar-refractivity contribution in [2.24, 2.45) is 0 Å². The first kappa shape index (κ1) is 19.0. The normalized spacial score (nSPS) is 10.5.